The Morgan fingerprint density at radius 1 is 1.38 bits per heavy atom. The highest BCUT2D eigenvalue weighted by molar-refractivity contribution is 8.00. The molecule has 116 valence electrons. The first-order valence-electron chi connectivity index (χ1n) is 7.83. The van der Waals surface area contributed by atoms with Gasteiger partial charge in [0, 0.05) is 16.8 Å². The molecule has 0 amide bonds. The van der Waals surface area contributed by atoms with Crippen LogP contribution in [0.5, 0.6) is 0 Å². The standard InChI is InChI=1S/C17H24O2S2/c1-13(18)14-3-2-4-15(11-14)21-16-5-8-19-17(12-16)6-9-20-10-7-17/h2-4,11,13,16,18H,5-10,12H2,1H3. The molecule has 2 unspecified atom stereocenters. The van der Waals surface area contributed by atoms with E-state index >= 15 is 0 Å². The lowest BCUT2D eigenvalue weighted by Gasteiger charge is -2.43. The smallest absolute Gasteiger partial charge is 0.0762 e. The van der Waals surface area contributed by atoms with Crippen LogP contribution in [-0.2, 0) is 4.74 Å². The van der Waals surface area contributed by atoms with E-state index in [1.54, 1.807) is 0 Å². The van der Waals surface area contributed by atoms with E-state index in [4.69, 9.17) is 4.74 Å². The number of aliphatic hydroxyl groups is 1. The molecular formula is C17H24O2S2. The molecule has 2 aliphatic rings. The normalized spacial score (nSPS) is 26.7. The van der Waals surface area contributed by atoms with Gasteiger partial charge in [-0.3, -0.25) is 0 Å². The van der Waals surface area contributed by atoms with Gasteiger partial charge in [-0.2, -0.15) is 11.8 Å². The summed E-state index contributed by atoms with van der Waals surface area (Å²) in [6.07, 6.45) is 4.35. The summed E-state index contributed by atoms with van der Waals surface area (Å²) in [6.45, 7) is 2.73. The van der Waals surface area contributed by atoms with Crippen molar-refractivity contribution in [3.63, 3.8) is 0 Å². The molecular weight excluding hydrogens is 300 g/mol. The number of rotatable bonds is 3. The van der Waals surface area contributed by atoms with Crippen molar-refractivity contribution in [3.05, 3.63) is 29.8 Å². The summed E-state index contributed by atoms with van der Waals surface area (Å²) in [5.74, 6) is 2.49. The van der Waals surface area contributed by atoms with Crippen molar-refractivity contribution in [3.8, 4) is 0 Å². The van der Waals surface area contributed by atoms with E-state index in [0.717, 1.165) is 18.6 Å². The molecule has 2 heterocycles. The van der Waals surface area contributed by atoms with Crippen LogP contribution in [0, 0.1) is 0 Å². The van der Waals surface area contributed by atoms with Crippen molar-refractivity contribution >= 4 is 23.5 Å². The van der Waals surface area contributed by atoms with Crippen molar-refractivity contribution in [1.29, 1.82) is 0 Å². The Balaban J connectivity index is 1.65. The summed E-state index contributed by atoms with van der Waals surface area (Å²) in [4.78, 5) is 1.28. The van der Waals surface area contributed by atoms with Gasteiger partial charge in [-0.05, 0) is 61.8 Å². The van der Waals surface area contributed by atoms with Crippen molar-refractivity contribution in [1.82, 2.24) is 0 Å². The van der Waals surface area contributed by atoms with Crippen LogP contribution in [0.2, 0.25) is 0 Å². The fourth-order valence-electron chi connectivity index (χ4n) is 3.22. The van der Waals surface area contributed by atoms with Gasteiger partial charge in [0.25, 0.3) is 0 Å². The van der Waals surface area contributed by atoms with Gasteiger partial charge in [-0.15, -0.1) is 11.8 Å². The third-order valence-electron chi connectivity index (χ3n) is 4.50. The second-order valence-electron chi connectivity index (χ2n) is 6.12. The first kappa shape index (κ1) is 15.7. The number of aliphatic hydroxyl groups excluding tert-OH is 1. The van der Waals surface area contributed by atoms with Gasteiger partial charge in [0.2, 0.25) is 0 Å². The summed E-state index contributed by atoms with van der Waals surface area (Å²) < 4.78 is 6.17. The molecule has 2 fully saturated rings. The second-order valence-corrected chi connectivity index (χ2v) is 8.72. The minimum atomic E-state index is -0.387. The molecule has 0 radical (unpaired) electrons. The molecule has 1 spiro atoms. The van der Waals surface area contributed by atoms with Crippen LogP contribution in [0.25, 0.3) is 0 Å². The Hall–Kier alpha value is -0.160. The van der Waals surface area contributed by atoms with Crippen LogP contribution >= 0.6 is 23.5 Å². The molecule has 0 saturated carbocycles. The molecule has 0 aliphatic carbocycles. The number of hydrogen-bond acceptors (Lipinski definition) is 4. The first-order chi connectivity index (χ1) is 10.2. The number of thioether (sulfide) groups is 2. The van der Waals surface area contributed by atoms with Gasteiger partial charge >= 0.3 is 0 Å². The Kier molecular flexibility index (Phi) is 5.20. The third-order valence-corrected chi connectivity index (χ3v) is 6.74. The SMILES string of the molecule is CC(O)c1cccc(SC2CCOC3(CCSCC3)C2)c1. The number of ether oxygens (including phenoxy) is 1. The van der Waals surface area contributed by atoms with Crippen molar-refractivity contribution in [2.75, 3.05) is 18.1 Å². The van der Waals surface area contributed by atoms with Gasteiger partial charge in [0.1, 0.15) is 0 Å². The quantitative estimate of drug-likeness (QED) is 0.899. The van der Waals surface area contributed by atoms with Crippen LogP contribution in [0.15, 0.2) is 29.2 Å². The highest BCUT2D eigenvalue weighted by Gasteiger charge is 2.38. The maximum Gasteiger partial charge on any atom is 0.0762 e. The van der Waals surface area contributed by atoms with Crippen LogP contribution < -0.4 is 0 Å². The van der Waals surface area contributed by atoms with E-state index in [2.05, 4.69) is 30.0 Å². The highest BCUT2D eigenvalue weighted by atomic mass is 32.2. The largest absolute Gasteiger partial charge is 0.389 e. The maximum absolute atomic E-state index is 9.72. The van der Waals surface area contributed by atoms with Crippen molar-refractivity contribution in [2.45, 2.75) is 54.5 Å². The predicted molar refractivity (Wildman–Crippen MR) is 91.2 cm³/mol. The summed E-state index contributed by atoms with van der Waals surface area (Å²) in [5.41, 5.74) is 1.17. The summed E-state index contributed by atoms with van der Waals surface area (Å²) in [5, 5.41) is 10.4. The first-order valence-corrected chi connectivity index (χ1v) is 9.87. The minimum Gasteiger partial charge on any atom is -0.389 e. The van der Waals surface area contributed by atoms with E-state index in [0.29, 0.717) is 5.25 Å². The van der Waals surface area contributed by atoms with E-state index in [9.17, 15) is 5.11 Å². The fourth-order valence-corrected chi connectivity index (χ4v) is 5.80. The van der Waals surface area contributed by atoms with Gasteiger partial charge < -0.3 is 9.84 Å². The molecule has 1 aromatic carbocycles. The van der Waals surface area contributed by atoms with E-state index in [-0.39, 0.29) is 11.7 Å². The van der Waals surface area contributed by atoms with Gasteiger partial charge in [0.15, 0.2) is 0 Å². The Morgan fingerprint density at radius 2 is 2.19 bits per heavy atom. The van der Waals surface area contributed by atoms with E-state index in [1.165, 1.54) is 35.7 Å². The topological polar surface area (TPSA) is 29.5 Å². The van der Waals surface area contributed by atoms with E-state index < -0.39 is 0 Å². The highest BCUT2D eigenvalue weighted by Crippen LogP contribution is 2.42. The van der Waals surface area contributed by atoms with Crippen molar-refractivity contribution in [2.24, 2.45) is 0 Å². The Bertz CT molecular complexity index is 464. The minimum absolute atomic E-state index is 0.156. The van der Waals surface area contributed by atoms with Crippen LogP contribution in [0.4, 0.5) is 0 Å². The lowest BCUT2D eigenvalue weighted by molar-refractivity contribution is -0.0804. The molecule has 3 rings (SSSR count). The Morgan fingerprint density at radius 3 is 2.95 bits per heavy atom. The van der Waals surface area contributed by atoms with Gasteiger partial charge in [0.05, 0.1) is 11.7 Å². The molecule has 1 aromatic rings. The molecule has 1 N–H and O–H groups in total. The lowest BCUT2D eigenvalue weighted by atomic mass is 9.88. The van der Waals surface area contributed by atoms with Gasteiger partial charge in [-0.25, -0.2) is 0 Å². The monoisotopic (exact) mass is 324 g/mol. The molecule has 2 aliphatic heterocycles. The molecule has 0 aromatic heterocycles. The van der Waals surface area contributed by atoms with Crippen molar-refractivity contribution < 1.29 is 9.84 Å². The second kappa shape index (κ2) is 6.95. The number of hydrogen-bond donors (Lipinski definition) is 1. The zero-order valence-corrected chi connectivity index (χ0v) is 14.2. The van der Waals surface area contributed by atoms with Gasteiger partial charge in [-0.1, -0.05) is 12.1 Å². The predicted octanol–water partition coefficient (Wildman–Crippen LogP) is 4.28. The number of benzene rings is 1. The zero-order chi connectivity index (χ0) is 14.7. The average molecular weight is 325 g/mol. The van der Waals surface area contributed by atoms with Crippen LogP contribution in [0.1, 0.15) is 44.3 Å². The summed E-state index contributed by atoms with van der Waals surface area (Å²) in [6, 6.07) is 8.35. The molecule has 21 heavy (non-hydrogen) atoms. The lowest BCUT2D eigenvalue weighted by Crippen LogP contribution is -2.43. The Labute approximate surface area is 136 Å². The summed E-state index contributed by atoms with van der Waals surface area (Å²) in [7, 11) is 0. The van der Waals surface area contributed by atoms with Crippen LogP contribution in [0.3, 0.4) is 0 Å². The third kappa shape index (κ3) is 3.98. The maximum atomic E-state index is 9.72. The molecule has 2 nitrogen and oxygen atoms in total. The fraction of sp³-hybridized carbons (Fsp3) is 0.647. The molecule has 2 saturated heterocycles. The van der Waals surface area contributed by atoms with Crippen LogP contribution in [-0.4, -0.2) is 34.1 Å². The van der Waals surface area contributed by atoms with E-state index in [1.807, 2.05) is 24.8 Å². The molecule has 4 heteroatoms. The average Bonchev–Trinajstić information content (AvgIpc) is 2.48. The zero-order valence-electron chi connectivity index (χ0n) is 12.6. The summed E-state index contributed by atoms with van der Waals surface area (Å²) >= 11 is 4.02. The molecule has 2 atom stereocenters. The molecule has 0 bridgehead atoms.